The number of hydrogen-bond donors (Lipinski definition) is 1. The zero-order valence-corrected chi connectivity index (χ0v) is 11.3. The first-order chi connectivity index (χ1) is 9.47. The lowest BCUT2D eigenvalue weighted by Crippen LogP contribution is -1.99. The topological polar surface area (TPSA) is 75.7 Å². The van der Waals surface area contributed by atoms with Crippen LogP contribution in [0.4, 0.5) is 4.39 Å². The second kappa shape index (κ2) is 4.38. The van der Waals surface area contributed by atoms with E-state index in [-0.39, 0.29) is 10.5 Å². The number of nitrogens with zero attached hydrogens (tertiary/aromatic N) is 2. The third kappa shape index (κ3) is 2.05. The van der Waals surface area contributed by atoms with Crippen LogP contribution in [0.25, 0.3) is 22.3 Å². The largest absolute Gasteiger partial charge is 0.346 e. The molecule has 2 aromatic heterocycles. The predicted molar refractivity (Wildman–Crippen MR) is 72.4 cm³/mol. The summed E-state index contributed by atoms with van der Waals surface area (Å²) >= 11 is 0. The van der Waals surface area contributed by atoms with Gasteiger partial charge in [-0.1, -0.05) is 0 Å². The van der Waals surface area contributed by atoms with Gasteiger partial charge in [0.2, 0.25) is 0 Å². The van der Waals surface area contributed by atoms with E-state index in [1.165, 1.54) is 18.5 Å². The minimum atomic E-state index is -3.43. The zero-order chi connectivity index (χ0) is 14.3. The average Bonchev–Trinajstić information content (AvgIpc) is 2.85. The monoisotopic (exact) mass is 291 g/mol. The Kier molecular flexibility index (Phi) is 2.79. The number of hydrogen-bond acceptors (Lipinski definition) is 4. The van der Waals surface area contributed by atoms with Gasteiger partial charge in [0.05, 0.1) is 10.6 Å². The predicted octanol–water partition coefficient (Wildman–Crippen LogP) is 2.17. The summed E-state index contributed by atoms with van der Waals surface area (Å²) < 4.78 is 37.0. The highest BCUT2D eigenvalue weighted by Crippen LogP contribution is 2.28. The molecule has 20 heavy (non-hydrogen) atoms. The Bertz CT molecular complexity index is 903. The maximum atomic E-state index is 14.2. The van der Waals surface area contributed by atoms with E-state index >= 15 is 0 Å². The summed E-state index contributed by atoms with van der Waals surface area (Å²) in [6.07, 6.45) is 4.06. The number of aromatic nitrogens is 3. The molecule has 3 aromatic rings. The zero-order valence-electron chi connectivity index (χ0n) is 10.5. The third-order valence-corrected chi connectivity index (χ3v) is 4.09. The van der Waals surface area contributed by atoms with Crippen molar-refractivity contribution in [1.82, 2.24) is 15.0 Å². The lowest BCUT2D eigenvalue weighted by Gasteiger charge is -2.05. The van der Waals surface area contributed by atoms with Gasteiger partial charge in [-0.25, -0.2) is 22.8 Å². The number of aromatic amines is 1. The minimum Gasteiger partial charge on any atom is -0.346 e. The molecule has 0 aliphatic rings. The first-order valence-electron chi connectivity index (χ1n) is 5.75. The van der Waals surface area contributed by atoms with Crippen molar-refractivity contribution in [3.8, 4) is 11.3 Å². The Morgan fingerprint density at radius 3 is 2.70 bits per heavy atom. The lowest BCUT2D eigenvalue weighted by atomic mass is 10.1. The van der Waals surface area contributed by atoms with E-state index in [1.54, 1.807) is 12.3 Å². The summed E-state index contributed by atoms with van der Waals surface area (Å²) in [7, 11) is -3.43. The Morgan fingerprint density at radius 1 is 1.20 bits per heavy atom. The fraction of sp³-hybridized carbons (Fsp3) is 0.0769. The van der Waals surface area contributed by atoms with Crippen LogP contribution >= 0.6 is 0 Å². The van der Waals surface area contributed by atoms with Gasteiger partial charge in [0, 0.05) is 23.4 Å². The van der Waals surface area contributed by atoms with Crippen LogP contribution in [0.1, 0.15) is 0 Å². The number of benzene rings is 1. The van der Waals surface area contributed by atoms with E-state index < -0.39 is 15.7 Å². The number of nitrogens with one attached hydrogen (secondary N) is 1. The summed E-state index contributed by atoms with van der Waals surface area (Å²) in [6, 6.07) is 5.54. The molecule has 0 saturated carbocycles. The van der Waals surface area contributed by atoms with E-state index in [9.17, 15) is 12.8 Å². The molecular weight excluding hydrogens is 281 g/mol. The van der Waals surface area contributed by atoms with Crippen molar-refractivity contribution < 1.29 is 12.8 Å². The van der Waals surface area contributed by atoms with Gasteiger partial charge in [0.15, 0.2) is 9.84 Å². The summed E-state index contributed by atoms with van der Waals surface area (Å²) in [5.41, 5.74) is 1.26. The van der Waals surface area contributed by atoms with Crippen molar-refractivity contribution in [1.29, 1.82) is 0 Å². The number of rotatable bonds is 2. The highest BCUT2D eigenvalue weighted by molar-refractivity contribution is 7.90. The standard InChI is InChI=1S/C13H10FN3O2S/c1-20(18,19)8-2-3-9(11(14)6-8)12-10-4-5-15-13(10)17-7-16-12/h2-7H,1H3,(H,15,16,17). The first kappa shape index (κ1) is 12.7. The minimum absolute atomic E-state index is 0.0573. The molecule has 0 aliphatic carbocycles. The number of halogens is 1. The van der Waals surface area contributed by atoms with Gasteiger partial charge < -0.3 is 4.98 Å². The van der Waals surface area contributed by atoms with Gasteiger partial charge >= 0.3 is 0 Å². The molecule has 3 rings (SSSR count). The van der Waals surface area contributed by atoms with Crippen LogP contribution in [-0.4, -0.2) is 29.6 Å². The van der Waals surface area contributed by atoms with Gasteiger partial charge in [0.25, 0.3) is 0 Å². The van der Waals surface area contributed by atoms with E-state index in [1.807, 2.05) is 0 Å². The van der Waals surface area contributed by atoms with Crippen LogP contribution in [-0.2, 0) is 9.84 Å². The van der Waals surface area contributed by atoms with Crippen molar-refractivity contribution in [3.05, 3.63) is 42.6 Å². The van der Waals surface area contributed by atoms with Crippen molar-refractivity contribution >= 4 is 20.9 Å². The molecule has 102 valence electrons. The SMILES string of the molecule is CS(=O)(=O)c1ccc(-c2ncnc3[nH]ccc23)c(F)c1. The van der Waals surface area contributed by atoms with Crippen LogP contribution < -0.4 is 0 Å². The van der Waals surface area contributed by atoms with Gasteiger partial charge in [-0.05, 0) is 24.3 Å². The van der Waals surface area contributed by atoms with Crippen molar-refractivity contribution in [3.63, 3.8) is 0 Å². The van der Waals surface area contributed by atoms with Gasteiger partial charge in [-0.3, -0.25) is 0 Å². The summed E-state index contributed by atoms with van der Waals surface area (Å²) in [6.45, 7) is 0. The molecule has 0 bridgehead atoms. The van der Waals surface area contributed by atoms with Crippen LogP contribution in [0.3, 0.4) is 0 Å². The normalized spacial score (nSPS) is 11.9. The molecule has 0 radical (unpaired) electrons. The number of H-pyrrole nitrogens is 1. The second-order valence-corrected chi connectivity index (χ2v) is 6.39. The van der Waals surface area contributed by atoms with Gasteiger partial charge in [0.1, 0.15) is 17.8 Å². The van der Waals surface area contributed by atoms with E-state index in [4.69, 9.17) is 0 Å². The Morgan fingerprint density at radius 2 is 2.00 bits per heavy atom. The van der Waals surface area contributed by atoms with Crippen LogP contribution in [0.2, 0.25) is 0 Å². The van der Waals surface area contributed by atoms with Crippen LogP contribution in [0, 0.1) is 5.82 Å². The molecule has 0 spiro atoms. The molecule has 0 amide bonds. The molecule has 0 unspecified atom stereocenters. The number of fused-ring (bicyclic) bond motifs is 1. The molecule has 2 heterocycles. The second-order valence-electron chi connectivity index (χ2n) is 4.38. The average molecular weight is 291 g/mol. The van der Waals surface area contributed by atoms with E-state index in [0.29, 0.717) is 16.7 Å². The Hall–Kier alpha value is -2.28. The van der Waals surface area contributed by atoms with Gasteiger partial charge in [-0.15, -0.1) is 0 Å². The fourth-order valence-electron chi connectivity index (χ4n) is 2.01. The highest BCUT2D eigenvalue weighted by Gasteiger charge is 2.15. The molecule has 5 nitrogen and oxygen atoms in total. The van der Waals surface area contributed by atoms with E-state index in [0.717, 1.165) is 12.3 Å². The highest BCUT2D eigenvalue weighted by atomic mass is 32.2. The maximum absolute atomic E-state index is 14.2. The molecule has 0 aliphatic heterocycles. The molecule has 7 heteroatoms. The van der Waals surface area contributed by atoms with Crippen molar-refractivity contribution in [2.45, 2.75) is 4.90 Å². The molecule has 0 atom stereocenters. The van der Waals surface area contributed by atoms with Crippen molar-refractivity contribution in [2.24, 2.45) is 0 Å². The van der Waals surface area contributed by atoms with Crippen LogP contribution in [0.15, 0.2) is 41.7 Å². The summed E-state index contributed by atoms with van der Waals surface area (Å²) in [5.74, 6) is -0.630. The molecule has 1 N–H and O–H groups in total. The molecule has 1 aromatic carbocycles. The molecule has 0 fully saturated rings. The fourth-order valence-corrected chi connectivity index (χ4v) is 2.64. The molecule has 0 saturated heterocycles. The van der Waals surface area contributed by atoms with Crippen molar-refractivity contribution in [2.75, 3.05) is 6.26 Å². The van der Waals surface area contributed by atoms with Gasteiger partial charge in [-0.2, -0.15) is 0 Å². The lowest BCUT2D eigenvalue weighted by molar-refractivity contribution is 0.596. The summed E-state index contributed by atoms with van der Waals surface area (Å²) in [5, 5.41) is 0.679. The summed E-state index contributed by atoms with van der Waals surface area (Å²) in [4.78, 5) is 11.0. The Balaban J connectivity index is 2.23. The molecular formula is C13H10FN3O2S. The van der Waals surface area contributed by atoms with Crippen LogP contribution in [0.5, 0.6) is 0 Å². The maximum Gasteiger partial charge on any atom is 0.175 e. The Labute approximate surface area is 114 Å². The number of sulfone groups is 1. The smallest absolute Gasteiger partial charge is 0.175 e. The van der Waals surface area contributed by atoms with E-state index in [2.05, 4.69) is 15.0 Å². The first-order valence-corrected chi connectivity index (χ1v) is 7.64. The quantitative estimate of drug-likeness (QED) is 0.785. The third-order valence-electron chi connectivity index (χ3n) is 2.98.